The maximum absolute atomic E-state index is 12.0. The Bertz CT molecular complexity index is 780. The van der Waals surface area contributed by atoms with E-state index in [1.165, 1.54) is 24.3 Å². The van der Waals surface area contributed by atoms with Gasteiger partial charge in [-0.05, 0) is 36.6 Å². The van der Waals surface area contributed by atoms with E-state index in [0.717, 1.165) is 0 Å². The number of ether oxygens (including phenoxy) is 1. The summed E-state index contributed by atoms with van der Waals surface area (Å²) < 4.78 is 4.98. The summed E-state index contributed by atoms with van der Waals surface area (Å²) in [6.45, 7) is 1.08. The van der Waals surface area contributed by atoms with Crippen LogP contribution in [0.1, 0.15) is 16.6 Å². The van der Waals surface area contributed by atoms with E-state index in [2.05, 4.69) is 10.6 Å². The number of esters is 1. The lowest BCUT2D eigenvalue weighted by Crippen LogP contribution is -2.35. The second-order valence-electron chi connectivity index (χ2n) is 4.91. The number of amides is 2. The Hall–Kier alpha value is -2.09. The van der Waals surface area contributed by atoms with E-state index in [9.17, 15) is 14.4 Å². The molecule has 0 unspecified atom stereocenters. The van der Waals surface area contributed by atoms with E-state index in [-0.39, 0.29) is 17.5 Å². The fraction of sp³-hybridized carbons (Fsp3) is 0.188. The Balaban J connectivity index is 1.81. The first-order chi connectivity index (χ1) is 11.9. The van der Waals surface area contributed by atoms with Gasteiger partial charge in [-0.2, -0.15) is 0 Å². The van der Waals surface area contributed by atoms with E-state index in [1.807, 2.05) is 0 Å². The SMILES string of the molecule is C[C@@H](OC(=O)CNC(=O)c1cccs1)C(=O)Nc1ccc(Cl)cc1Cl. The normalized spacial score (nSPS) is 11.5. The minimum atomic E-state index is -1.06. The minimum absolute atomic E-state index is 0.266. The first-order valence-electron chi connectivity index (χ1n) is 7.14. The predicted octanol–water partition coefficient (Wildman–Crippen LogP) is 3.36. The van der Waals surface area contributed by atoms with Crippen LogP contribution in [0, 0.1) is 0 Å². The number of rotatable bonds is 6. The molecule has 2 amide bonds. The number of thiophene rings is 1. The number of carbonyl (C=O) groups excluding carboxylic acids is 3. The van der Waals surface area contributed by atoms with Gasteiger partial charge in [0.2, 0.25) is 0 Å². The smallest absolute Gasteiger partial charge is 0.326 e. The van der Waals surface area contributed by atoms with Crippen molar-refractivity contribution in [1.29, 1.82) is 0 Å². The lowest BCUT2D eigenvalue weighted by atomic mass is 10.3. The summed E-state index contributed by atoms with van der Waals surface area (Å²) in [4.78, 5) is 36.0. The van der Waals surface area contributed by atoms with Crippen LogP contribution in [0.5, 0.6) is 0 Å². The van der Waals surface area contributed by atoms with Crippen LogP contribution in [0.2, 0.25) is 10.0 Å². The quantitative estimate of drug-likeness (QED) is 0.728. The van der Waals surface area contributed by atoms with Crippen molar-refractivity contribution in [3.63, 3.8) is 0 Å². The molecule has 132 valence electrons. The summed E-state index contributed by atoms with van der Waals surface area (Å²) >= 11 is 13.0. The molecule has 2 N–H and O–H groups in total. The summed E-state index contributed by atoms with van der Waals surface area (Å²) in [5, 5.41) is 7.41. The second-order valence-corrected chi connectivity index (χ2v) is 6.70. The molecule has 9 heteroatoms. The van der Waals surface area contributed by atoms with Crippen molar-refractivity contribution in [3.05, 3.63) is 50.6 Å². The number of nitrogens with one attached hydrogen (secondary N) is 2. The topological polar surface area (TPSA) is 84.5 Å². The van der Waals surface area contributed by atoms with Gasteiger partial charge in [0.25, 0.3) is 11.8 Å². The van der Waals surface area contributed by atoms with Crippen LogP contribution in [0.15, 0.2) is 35.7 Å². The molecule has 0 aliphatic rings. The lowest BCUT2D eigenvalue weighted by Gasteiger charge is -2.14. The van der Waals surface area contributed by atoms with Gasteiger partial charge in [-0.15, -0.1) is 11.3 Å². The van der Waals surface area contributed by atoms with E-state index < -0.39 is 18.0 Å². The highest BCUT2D eigenvalue weighted by molar-refractivity contribution is 7.12. The zero-order chi connectivity index (χ0) is 18.4. The number of anilines is 1. The molecule has 0 fully saturated rings. The molecule has 1 aromatic carbocycles. The number of hydrogen-bond donors (Lipinski definition) is 2. The van der Waals surface area contributed by atoms with Crippen LogP contribution < -0.4 is 10.6 Å². The molecule has 1 aromatic heterocycles. The van der Waals surface area contributed by atoms with Gasteiger partial charge in [0, 0.05) is 5.02 Å². The zero-order valence-corrected chi connectivity index (χ0v) is 15.4. The number of carbonyl (C=O) groups is 3. The summed E-state index contributed by atoms with van der Waals surface area (Å²) in [5.41, 5.74) is 0.352. The number of hydrogen-bond acceptors (Lipinski definition) is 5. The summed E-state index contributed by atoms with van der Waals surface area (Å²) in [7, 11) is 0. The monoisotopic (exact) mass is 400 g/mol. The van der Waals surface area contributed by atoms with Crippen molar-refractivity contribution in [2.45, 2.75) is 13.0 Å². The van der Waals surface area contributed by atoms with Crippen molar-refractivity contribution in [2.75, 3.05) is 11.9 Å². The average Bonchev–Trinajstić information content (AvgIpc) is 3.09. The van der Waals surface area contributed by atoms with E-state index >= 15 is 0 Å². The minimum Gasteiger partial charge on any atom is -0.451 e. The van der Waals surface area contributed by atoms with Gasteiger partial charge in [0.05, 0.1) is 15.6 Å². The highest BCUT2D eigenvalue weighted by Crippen LogP contribution is 2.25. The molecule has 6 nitrogen and oxygen atoms in total. The van der Waals surface area contributed by atoms with Crippen LogP contribution in [-0.4, -0.2) is 30.4 Å². The molecule has 0 spiro atoms. The zero-order valence-electron chi connectivity index (χ0n) is 13.0. The van der Waals surface area contributed by atoms with E-state index in [0.29, 0.717) is 15.6 Å². The molecule has 0 aliphatic heterocycles. The fourth-order valence-electron chi connectivity index (χ4n) is 1.76. The molecule has 0 aliphatic carbocycles. The third kappa shape index (κ3) is 5.74. The highest BCUT2D eigenvalue weighted by atomic mass is 35.5. The third-order valence-electron chi connectivity index (χ3n) is 3.00. The van der Waals surface area contributed by atoms with Gasteiger partial charge in [-0.1, -0.05) is 29.3 Å². The molecule has 0 saturated carbocycles. The van der Waals surface area contributed by atoms with Gasteiger partial charge >= 0.3 is 5.97 Å². The standard InChI is InChI=1S/C16H14Cl2N2O4S/c1-9(15(22)20-12-5-4-10(17)7-11(12)18)24-14(21)8-19-16(23)13-3-2-6-25-13/h2-7,9H,8H2,1H3,(H,19,23)(H,20,22)/t9-/m1/s1. The lowest BCUT2D eigenvalue weighted by molar-refractivity contribution is -0.152. The second kappa shape index (κ2) is 8.84. The van der Waals surface area contributed by atoms with Crippen LogP contribution in [0.25, 0.3) is 0 Å². The summed E-state index contributed by atoms with van der Waals surface area (Å²) in [6, 6.07) is 7.96. The maximum Gasteiger partial charge on any atom is 0.326 e. The van der Waals surface area contributed by atoms with E-state index in [1.54, 1.807) is 29.6 Å². The Labute approximate surface area is 158 Å². The molecule has 0 bridgehead atoms. The molecular formula is C16H14Cl2N2O4S. The molecule has 1 heterocycles. The molecule has 25 heavy (non-hydrogen) atoms. The number of halogens is 2. The van der Waals surface area contributed by atoms with Gasteiger partial charge < -0.3 is 15.4 Å². The fourth-order valence-corrected chi connectivity index (χ4v) is 2.86. The van der Waals surface area contributed by atoms with Crippen LogP contribution >= 0.6 is 34.5 Å². The molecule has 1 atom stereocenters. The largest absolute Gasteiger partial charge is 0.451 e. The van der Waals surface area contributed by atoms with Crippen molar-refractivity contribution in [2.24, 2.45) is 0 Å². The summed E-state index contributed by atoms with van der Waals surface area (Å²) in [6.07, 6.45) is -1.06. The Kier molecular flexibility index (Phi) is 6.81. The molecule has 2 rings (SSSR count). The van der Waals surface area contributed by atoms with Gasteiger partial charge in [0.1, 0.15) is 6.54 Å². The number of benzene rings is 1. The van der Waals surface area contributed by atoms with Crippen LogP contribution in [0.3, 0.4) is 0 Å². The average molecular weight is 401 g/mol. The van der Waals surface area contributed by atoms with Crippen molar-refractivity contribution in [3.8, 4) is 0 Å². The van der Waals surface area contributed by atoms with Gasteiger partial charge in [-0.25, -0.2) is 0 Å². The van der Waals surface area contributed by atoms with Crippen molar-refractivity contribution in [1.82, 2.24) is 5.32 Å². The van der Waals surface area contributed by atoms with Gasteiger partial charge in [-0.3, -0.25) is 14.4 Å². The molecular weight excluding hydrogens is 387 g/mol. The first kappa shape index (κ1) is 19.2. The van der Waals surface area contributed by atoms with Crippen LogP contribution in [-0.2, 0) is 14.3 Å². The predicted molar refractivity (Wildman–Crippen MR) is 97.3 cm³/mol. The highest BCUT2D eigenvalue weighted by Gasteiger charge is 2.19. The maximum atomic E-state index is 12.0. The van der Waals surface area contributed by atoms with Gasteiger partial charge in [0.15, 0.2) is 6.10 Å². The Morgan fingerprint density at radius 2 is 2.00 bits per heavy atom. The Morgan fingerprint density at radius 3 is 2.64 bits per heavy atom. The Morgan fingerprint density at radius 1 is 1.24 bits per heavy atom. The molecule has 2 aromatic rings. The third-order valence-corrected chi connectivity index (χ3v) is 4.42. The van der Waals surface area contributed by atoms with Crippen molar-refractivity contribution < 1.29 is 19.1 Å². The molecule has 0 radical (unpaired) electrons. The van der Waals surface area contributed by atoms with E-state index in [4.69, 9.17) is 27.9 Å². The first-order valence-corrected chi connectivity index (χ1v) is 8.77. The summed E-state index contributed by atoms with van der Waals surface area (Å²) in [5.74, 6) is -1.66. The molecule has 0 saturated heterocycles. The van der Waals surface area contributed by atoms with Crippen molar-refractivity contribution >= 4 is 58.0 Å². The van der Waals surface area contributed by atoms with Crippen LogP contribution in [0.4, 0.5) is 5.69 Å².